The van der Waals surface area contributed by atoms with Crippen molar-refractivity contribution < 1.29 is 13.9 Å². The van der Waals surface area contributed by atoms with Gasteiger partial charge in [-0.05, 0) is 26.0 Å². The third-order valence-electron chi connectivity index (χ3n) is 5.04. The van der Waals surface area contributed by atoms with Crippen molar-refractivity contribution >= 4 is 16.9 Å². The van der Waals surface area contributed by atoms with Crippen molar-refractivity contribution in [2.45, 2.75) is 38.9 Å². The molecule has 0 aliphatic carbocycles. The minimum Gasteiger partial charge on any atom is -0.369 e. The van der Waals surface area contributed by atoms with Crippen molar-refractivity contribution in [3.63, 3.8) is 0 Å². The Hall–Kier alpha value is -2.74. The summed E-state index contributed by atoms with van der Waals surface area (Å²) in [6.07, 6.45) is 1.10. The fourth-order valence-corrected chi connectivity index (χ4v) is 3.68. The molecule has 7 nitrogen and oxygen atoms in total. The molecule has 0 radical (unpaired) electrons. The first-order chi connectivity index (χ1) is 13.0. The maximum Gasteiger partial charge on any atom is 0.272 e. The van der Waals surface area contributed by atoms with Crippen LogP contribution in [0.2, 0.25) is 0 Å². The number of carbonyl (C=O) groups excluding carboxylic acids is 1. The zero-order valence-electron chi connectivity index (χ0n) is 15.5. The summed E-state index contributed by atoms with van der Waals surface area (Å²) in [5.74, 6) is 0.154. The number of aryl methyl sites for hydroxylation is 1. The highest BCUT2D eigenvalue weighted by atomic mass is 19.1. The molecule has 3 aromatic rings. The van der Waals surface area contributed by atoms with Gasteiger partial charge in [-0.15, -0.1) is 0 Å². The van der Waals surface area contributed by atoms with Crippen molar-refractivity contribution in [1.29, 1.82) is 0 Å². The summed E-state index contributed by atoms with van der Waals surface area (Å²) in [6, 6.07) is 4.89. The first-order valence-corrected chi connectivity index (χ1v) is 9.06. The maximum absolute atomic E-state index is 13.9. The van der Waals surface area contributed by atoms with Crippen molar-refractivity contribution in [2.75, 3.05) is 6.54 Å². The molecular formula is C19H22FN5O2. The van der Waals surface area contributed by atoms with E-state index in [2.05, 4.69) is 20.5 Å². The standard InChI is InChI=1S/C19H22FN5O2/c1-10-9-12-16(11(2)27-10)23-24-17(12)19(26)21-8-7-15-22-18-13(20)5-4-6-14(18)25(15)3/h4-6,10-11H,7-9H2,1-3H3,(H,21,26)(H,23,24)/t10-,11+/m1/s1. The van der Waals surface area contributed by atoms with Gasteiger partial charge in [-0.2, -0.15) is 5.10 Å². The molecule has 1 aromatic carbocycles. The fourth-order valence-electron chi connectivity index (χ4n) is 3.68. The Balaban J connectivity index is 1.45. The van der Waals surface area contributed by atoms with E-state index in [0.717, 1.165) is 22.6 Å². The molecule has 0 bridgehead atoms. The average Bonchev–Trinajstić information content (AvgIpc) is 3.18. The van der Waals surface area contributed by atoms with Gasteiger partial charge in [-0.3, -0.25) is 9.89 Å². The van der Waals surface area contributed by atoms with Crippen LogP contribution in [0, 0.1) is 5.82 Å². The van der Waals surface area contributed by atoms with Crippen molar-refractivity contribution in [3.05, 3.63) is 46.8 Å². The van der Waals surface area contributed by atoms with Crippen LogP contribution in [-0.4, -0.2) is 38.3 Å². The summed E-state index contributed by atoms with van der Waals surface area (Å²) in [7, 11) is 1.85. The fraction of sp³-hybridized carbons (Fsp3) is 0.421. The number of ether oxygens (including phenoxy) is 1. The highest BCUT2D eigenvalue weighted by Gasteiger charge is 2.29. The van der Waals surface area contributed by atoms with Crippen LogP contribution in [0.1, 0.15) is 47.5 Å². The molecule has 0 unspecified atom stereocenters. The number of aromatic nitrogens is 4. The second kappa shape index (κ2) is 6.77. The number of carbonyl (C=O) groups is 1. The van der Waals surface area contributed by atoms with E-state index in [-0.39, 0.29) is 23.9 Å². The van der Waals surface area contributed by atoms with Gasteiger partial charge < -0.3 is 14.6 Å². The lowest BCUT2D eigenvalue weighted by atomic mass is 9.99. The number of benzene rings is 1. The molecule has 1 aliphatic rings. The van der Waals surface area contributed by atoms with Crippen LogP contribution in [0.4, 0.5) is 4.39 Å². The van der Waals surface area contributed by atoms with Crippen LogP contribution >= 0.6 is 0 Å². The molecule has 2 atom stereocenters. The molecule has 2 N–H and O–H groups in total. The van der Waals surface area contributed by atoms with E-state index in [9.17, 15) is 9.18 Å². The molecule has 0 saturated carbocycles. The van der Waals surface area contributed by atoms with Crippen molar-refractivity contribution in [1.82, 2.24) is 25.1 Å². The van der Waals surface area contributed by atoms with Gasteiger partial charge in [-0.1, -0.05) is 6.07 Å². The number of hydrogen-bond donors (Lipinski definition) is 2. The van der Waals surface area contributed by atoms with Crippen molar-refractivity contribution in [2.24, 2.45) is 7.05 Å². The molecule has 1 amide bonds. The van der Waals surface area contributed by atoms with E-state index in [1.807, 2.05) is 31.5 Å². The number of amides is 1. The van der Waals surface area contributed by atoms with Crippen LogP contribution in [-0.2, 0) is 24.6 Å². The molecule has 3 heterocycles. The van der Waals surface area contributed by atoms with Gasteiger partial charge in [0.05, 0.1) is 23.4 Å². The molecule has 0 spiro atoms. The number of rotatable bonds is 4. The summed E-state index contributed by atoms with van der Waals surface area (Å²) < 4.78 is 21.5. The quantitative estimate of drug-likeness (QED) is 0.738. The zero-order chi connectivity index (χ0) is 19.1. The summed E-state index contributed by atoms with van der Waals surface area (Å²) in [4.78, 5) is 16.9. The highest BCUT2D eigenvalue weighted by molar-refractivity contribution is 5.94. The molecule has 1 aliphatic heterocycles. The number of H-pyrrole nitrogens is 1. The smallest absolute Gasteiger partial charge is 0.272 e. The second-order valence-corrected chi connectivity index (χ2v) is 6.96. The van der Waals surface area contributed by atoms with Gasteiger partial charge in [0.15, 0.2) is 11.5 Å². The zero-order valence-corrected chi connectivity index (χ0v) is 15.5. The molecule has 142 valence electrons. The molecule has 0 saturated heterocycles. The lowest BCUT2D eigenvalue weighted by Gasteiger charge is -2.25. The summed E-state index contributed by atoms with van der Waals surface area (Å²) in [5, 5.41) is 10.00. The number of hydrogen-bond acceptors (Lipinski definition) is 4. The summed E-state index contributed by atoms with van der Waals surface area (Å²) >= 11 is 0. The van der Waals surface area contributed by atoms with E-state index in [0.29, 0.717) is 30.6 Å². The van der Waals surface area contributed by atoms with E-state index >= 15 is 0 Å². The third-order valence-corrected chi connectivity index (χ3v) is 5.04. The number of aromatic amines is 1. The average molecular weight is 371 g/mol. The lowest BCUT2D eigenvalue weighted by molar-refractivity contribution is -0.00697. The minimum absolute atomic E-state index is 0.0477. The number of halogens is 1. The van der Waals surface area contributed by atoms with E-state index in [1.165, 1.54) is 6.07 Å². The Morgan fingerprint density at radius 2 is 2.26 bits per heavy atom. The predicted octanol–water partition coefficient (Wildman–Crippen LogP) is 2.43. The molecule has 4 rings (SSSR count). The first kappa shape index (κ1) is 17.7. The van der Waals surface area contributed by atoms with E-state index in [1.54, 1.807) is 6.07 Å². The maximum atomic E-state index is 13.9. The van der Waals surface area contributed by atoms with Gasteiger partial charge in [0, 0.05) is 32.0 Å². The molecule has 27 heavy (non-hydrogen) atoms. The van der Waals surface area contributed by atoms with Gasteiger partial charge in [-0.25, -0.2) is 9.37 Å². The lowest BCUT2D eigenvalue weighted by Crippen LogP contribution is -2.29. The molecule has 0 fully saturated rings. The van der Waals surface area contributed by atoms with E-state index in [4.69, 9.17) is 4.74 Å². The van der Waals surface area contributed by atoms with Gasteiger partial charge in [0.2, 0.25) is 0 Å². The second-order valence-electron chi connectivity index (χ2n) is 6.96. The van der Waals surface area contributed by atoms with Crippen LogP contribution in [0.5, 0.6) is 0 Å². The Bertz CT molecular complexity index is 1010. The summed E-state index contributed by atoms with van der Waals surface area (Å²) in [6.45, 7) is 4.32. The topological polar surface area (TPSA) is 84.8 Å². The molecule has 8 heteroatoms. The summed E-state index contributed by atoms with van der Waals surface area (Å²) in [5.41, 5.74) is 3.29. The van der Waals surface area contributed by atoms with Crippen molar-refractivity contribution in [3.8, 4) is 0 Å². The molecule has 2 aromatic heterocycles. The number of nitrogens with one attached hydrogen (secondary N) is 2. The van der Waals surface area contributed by atoms with Crippen LogP contribution in [0.15, 0.2) is 18.2 Å². The third kappa shape index (κ3) is 3.10. The Morgan fingerprint density at radius 3 is 3.04 bits per heavy atom. The van der Waals surface area contributed by atoms with Gasteiger partial charge in [0.1, 0.15) is 11.3 Å². The minimum atomic E-state index is -0.341. The number of nitrogens with zero attached hydrogens (tertiary/aromatic N) is 3. The molecular weight excluding hydrogens is 349 g/mol. The van der Waals surface area contributed by atoms with Gasteiger partial charge >= 0.3 is 0 Å². The SMILES string of the molecule is C[C@@H]1Cc2c(C(=O)NCCc3nc4c(F)cccc4n3C)n[nH]c2[C@H](C)O1. The van der Waals surface area contributed by atoms with Crippen LogP contribution in [0.25, 0.3) is 11.0 Å². The largest absolute Gasteiger partial charge is 0.369 e. The number of fused-ring (bicyclic) bond motifs is 2. The van der Waals surface area contributed by atoms with Gasteiger partial charge in [0.25, 0.3) is 5.91 Å². The monoisotopic (exact) mass is 371 g/mol. The number of para-hydroxylation sites is 1. The van der Waals surface area contributed by atoms with Crippen LogP contribution < -0.4 is 5.32 Å². The number of imidazole rings is 1. The Kier molecular flexibility index (Phi) is 4.43. The Labute approximate surface area is 155 Å². The van der Waals surface area contributed by atoms with E-state index < -0.39 is 0 Å². The van der Waals surface area contributed by atoms with Crippen LogP contribution in [0.3, 0.4) is 0 Å². The highest BCUT2D eigenvalue weighted by Crippen LogP contribution is 2.30. The predicted molar refractivity (Wildman–Crippen MR) is 98.0 cm³/mol. The Morgan fingerprint density at radius 1 is 1.44 bits per heavy atom. The normalized spacial score (nSPS) is 19.3. The first-order valence-electron chi connectivity index (χ1n) is 9.06.